The topological polar surface area (TPSA) is 47.4 Å². The van der Waals surface area contributed by atoms with E-state index in [1.807, 2.05) is 12.1 Å². The quantitative estimate of drug-likeness (QED) is 0.440. The highest BCUT2D eigenvalue weighted by Crippen LogP contribution is 2.28. The summed E-state index contributed by atoms with van der Waals surface area (Å²) in [4.78, 5) is 18.3. The van der Waals surface area contributed by atoms with Crippen LogP contribution in [0.15, 0.2) is 48.8 Å². The number of ether oxygens (including phenoxy) is 1. The average Bonchev–Trinajstić information content (AvgIpc) is 3.13. The number of fused-ring (bicyclic) bond motifs is 1. The predicted octanol–water partition coefficient (Wildman–Crippen LogP) is 5.37. The third kappa shape index (κ3) is 5.24. The minimum atomic E-state index is -4.91. The SMILES string of the molecule is O=C(c1cn(CCCN2CCCC(Oc3ccc(Cl)cc3)C2)c2ncccc12)C(F)(F)F. The molecule has 1 atom stereocenters. The third-order valence-electron chi connectivity index (χ3n) is 5.59. The number of ketones is 1. The summed E-state index contributed by atoms with van der Waals surface area (Å²) in [6.45, 7) is 2.97. The number of pyridine rings is 1. The van der Waals surface area contributed by atoms with Gasteiger partial charge in [0.1, 0.15) is 17.5 Å². The average molecular weight is 466 g/mol. The molecule has 0 aliphatic carbocycles. The van der Waals surface area contributed by atoms with Crippen molar-refractivity contribution in [2.75, 3.05) is 19.6 Å². The van der Waals surface area contributed by atoms with Crippen LogP contribution in [-0.2, 0) is 6.54 Å². The Hall–Kier alpha value is -2.58. The van der Waals surface area contributed by atoms with Gasteiger partial charge in [0.05, 0.1) is 5.56 Å². The molecule has 1 aliphatic rings. The Kier molecular flexibility index (Phi) is 6.71. The van der Waals surface area contributed by atoms with Gasteiger partial charge in [0.25, 0.3) is 5.78 Å². The zero-order chi connectivity index (χ0) is 22.7. The van der Waals surface area contributed by atoms with Gasteiger partial charge in [0.15, 0.2) is 0 Å². The van der Waals surface area contributed by atoms with Crippen LogP contribution < -0.4 is 4.74 Å². The fourth-order valence-corrected chi connectivity index (χ4v) is 4.24. The molecule has 170 valence electrons. The van der Waals surface area contributed by atoms with Crippen LogP contribution in [0.2, 0.25) is 5.02 Å². The third-order valence-corrected chi connectivity index (χ3v) is 5.84. The first-order valence-electron chi connectivity index (χ1n) is 10.5. The van der Waals surface area contributed by atoms with Crippen LogP contribution >= 0.6 is 11.6 Å². The molecule has 32 heavy (non-hydrogen) atoms. The summed E-state index contributed by atoms with van der Waals surface area (Å²) in [6.07, 6.45) is 0.649. The number of likely N-dealkylation sites (tertiary alicyclic amines) is 1. The van der Waals surface area contributed by atoms with Crippen molar-refractivity contribution in [1.29, 1.82) is 0 Å². The zero-order valence-electron chi connectivity index (χ0n) is 17.3. The Morgan fingerprint density at radius 3 is 2.72 bits per heavy atom. The number of carbonyl (C=O) groups is 1. The van der Waals surface area contributed by atoms with E-state index in [1.54, 1.807) is 16.7 Å². The van der Waals surface area contributed by atoms with E-state index in [0.29, 0.717) is 23.6 Å². The first-order valence-corrected chi connectivity index (χ1v) is 10.9. The lowest BCUT2D eigenvalue weighted by atomic mass is 10.1. The van der Waals surface area contributed by atoms with Crippen molar-refractivity contribution in [3.05, 3.63) is 59.4 Å². The standard InChI is InChI=1S/C23H23ClF3N3O2/c24-16-6-8-17(9-7-16)32-18-4-2-11-29(14-18)12-3-13-30-15-20(21(31)23(25,26)27)19-5-1-10-28-22(19)30/h1,5-10,15,18H,2-4,11-14H2. The number of piperidine rings is 1. The van der Waals surface area contributed by atoms with Crippen molar-refractivity contribution < 1.29 is 22.7 Å². The summed E-state index contributed by atoms with van der Waals surface area (Å²) in [5, 5.41) is 0.888. The smallest absolute Gasteiger partial charge is 0.454 e. The van der Waals surface area contributed by atoms with E-state index in [1.165, 1.54) is 24.5 Å². The highest BCUT2D eigenvalue weighted by atomic mass is 35.5. The van der Waals surface area contributed by atoms with Crippen molar-refractivity contribution in [1.82, 2.24) is 14.5 Å². The normalized spacial score (nSPS) is 17.6. The summed E-state index contributed by atoms with van der Waals surface area (Å²) in [5.74, 6) is -1.06. The van der Waals surface area contributed by atoms with E-state index in [9.17, 15) is 18.0 Å². The van der Waals surface area contributed by atoms with Crippen molar-refractivity contribution in [2.45, 2.75) is 38.1 Å². The largest absolute Gasteiger partial charge is 0.489 e. The van der Waals surface area contributed by atoms with Crippen molar-refractivity contribution in [2.24, 2.45) is 0 Å². The highest BCUT2D eigenvalue weighted by Gasteiger charge is 2.41. The van der Waals surface area contributed by atoms with Crippen LogP contribution in [0.5, 0.6) is 5.75 Å². The summed E-state index contributed by atoms with van der Waals surface area (Å²) in [7, 11) is 0. The van der Waals surface area contributed by atoms with Crippen molar-refractivity contribution in [3.8, 4) is 5.75 Å². The fraction of sp³-hybridized carbons (Fsp3) is 0.391. The molecular weight excluding hydrogens is 443 g/mol. The molecule has 0 spiro atoms. The number of halogens is 4. The lowest BCUT2D eigenvalue weighted by molar-refractivity contribution is -0.0884. The second-order valence-electron chi connectivity index (χ2n) is 7.93. The molecule has 0 N–H and O–H groups in total. The number of hydrogen-bond donors (Lipinski definition) is 0. The van der Waals surface area contributed by atoms with Gasteiger partial charge in [0.2, 0.25) is 0 Å². The van der Waals surface area contributed by atoms with Crippen LogP contribution in [0.1, 0.15) is 29.6 Å². The number of hydrogen-bond acceptors (Lipinski definition) is 4. The highest BCUT2D eigenvalue weighted by molar-refractivity contribution is 6.30. The molecule has 3 heterocycles. The number of alkyl halides is 3. The van der Waals surface area contributed by atoms with E-state index in [0.717, 1.165) is 38.2 Å². The lowest BCUT2D eigenvalue weighted by Gasteiger charge is -2.33. The second kappa shape index (κ2) is 9.50. The minimum absolute atomic E-state index is 0.0787. The molecule has 1 aromatic carbocycles. The molecule has 0 saturated carbocycles. The molecule has 1 saturated heterocycles. The number of nitrogens with zero attached hydrogens (tertiary/aromatic N) is 3. The van der Waals surface area contributed by atoms with Gasteiger partial charge in [-0.2, -0.15) is 13.2 Å². The van der Waals surface area contributed by atoms with Gasteiger partial charge in [-0.05, 0) is 68.8 Å². The first-order chi connectivity index (χ1) is 15.3. The Morgan fingerprint density at radius 1 is 1.19 bits per heavy atom. The molecule has 1 aliphatic heterocycles. The van der Waals surface area contributed by atoms with Crippen LogP contribution in [0, 0.1) is 0 Å². The van der Waals surface area contributed by atoms with Crippen LogP contribution in [0.25, 0.3) is 11.0 Å². The Labute approximate surface area is 188 Å². The van der Waals surface area contributed by atoms with E-state index in [4.69, 9.17) is 16.3 Å². The Morgan fingerprint density at radius 2 is 1.97 bits per heavy atom. The molecule has 9 heteroatoms. The summed E-state index contributed by atoms with van der Waals surface area (Å²) < 4.78 is 46.6. The maximum absolute atomic E-state index is 13.0. The fourth-order valence-electron chi connectivity index (χ4n) is 4.11. The van der Waals surface area contributed by atoms with Crippen LogP contribution in [0.4, 0.5) is 13.2 Å². The van der Waals surface area contributed by atoms with Gasteiger partial charge in [-0.3, -0.25) is 9.69 Å². The maximum atomic E-state index is 13.0. The van der Waals surface area contributed by atoms with Gasteiger partial charge in [-0.25, -0.2) is 4.98 Å². The van der Waals surface area contributed by atoms with Gasteiger partial charge < -0.3 is 9.30 Å². The van der Waals surface area contributed by atoms with E-state index in [-0.39, 0.29) is 17.1 Å². The zero-order valence-corrected chi connectivity index (χ0v) is 18.1. The van der Waals surface area contributed by atoms with Gasteiger partial charge in [0, 0.05) is 35.9 Å². The Bertz CT molecular complexity index is 1080. The van der Waals surface area contributed by atoms with Gasteiger partial charge in [-0.15, -0.1) is 0 Å². The Balaban J connectivity index is 1.37. The first kappa shape index (κ1) is 22.6. The molecule has 1 unspecified atom stereocenters. The number of aromatic nitrogens is 2. The molecule has 0 bridgehead atoms. The predicted molar refractivity (Wildman–Crippen MR) is 116 cm³/mol. The molecular formula is C23H23ClF3N3O2. The minimum Gasteiger partial charge on any atom is -0.489 e. The van der Waals surface area contributed by atoms with Crippen molar-refractivity contribution in [3.63, 3.8) is 0 Å². The molecule has 2 aromatic heterocycles. The number of benzene rings is 1. The number of carbonyl (C=O) groups excluding carboxylic acids is 1. The summed E-state index contributed by atoms with van der Waals surface area (Å²) in [6, 6.07) is 10.3. The van der Waals surface area contributed by atoms with E-state index in [2.05, 4.69) is 9.88 Å². The van der Waals surface area contributed by atoms with Crippen LogP contribution in [0.3, 0.4) is 0 Å². The number of aryl methyl sites for hydroxylation is 1. The van der Waals surface area contributed by atoms with Crippen LogP contribution in [-0.4, -0.2) is 52.1 Å². The maximum Gasteiger partial charge on any atom is 0.454 e. The molecule has 0 radical (unpaired) electrons. The van der Waals surface area contributed by atoms with Gasteiger partial charge >= 0.3 is 6.18 Å². The summed E-state index contributed by atoms with van der Waals surface area (Å²) >= 11 is 5.92. The molecule has 0 amide bonds. The molecule has 1 fully saturated rings. The summed E-state index contributed by atoms with van der Waals surface area (Å²) in [5.41, 5.74) is 0.0395. The number of rotatable bonds is 7. The van der Waals surface area contributed by atoms with E-state index < -0.39 is 12.0 Å². The van der Waals surface area contributed by atoms with Gasteiger partial charge in [-0.1, -0.05) is 11.6 Å². The van der Waals surface area contributed by atoms with E-state index >= 15 is 0 Å². The number of Topliss-reactive ketones (excluding diaryl/α,β-unsaturated/α-hetero) is 1. The molecule has 4 rings (SSSR count). The molecule has 5 nitrogen and oxygen atoms in total. The second-order valence-corrected chi connectivity index (χ2v) is 8.36. The molecule has 3 aromatic rings. The lowest BCUT2D eigenvalue weighted by Crippen LogP contribution is -2.41. The monoisotopic (exact) mass is 465 g/mol. The van der Waals surface area contributed by atoms with Crippen molar-refractivity contribution >= 4 is 28.4 Å².